The van der Waals surface area contributed by atoms with Crippen LogP contribution in [0.3, 0.4) is 0 Å². The van der Waals surface area contributed by atoms with Gasteiger partial charge in [0, 0.05) is 27.9 Å². The molecule has 0 saturated heterocycles. The minimum absolute atomic E-state index is 0.0634. The summed E-state index contributed by atoms with van der Waals surface area (Å²) in [5.41, 5.74) is 6.11. The monoisotopic (exact) mass is 514 g/mol. The summed E-state index contributed by atoms with van der Waals surface area (Å²) in [6.45, 7) is 0.0763. The first-order valence-electron chi connectivity index (χ1n) is 11.4. The highest BCUT2D eigenvalue weighted by atomic mass is 35.5. The number of hydrogen-bond acceptors (Lipinski definition) is 6. The van der Waals surface area contributed by atoms with Crippen LogP contribution in [0.25, 0.3) is 0 Å². The number of aliphatic imine (C=N–C) groups is 1. The summed E-state index contributed by atoms with van der Waals surface area (Å²) in [6, 6.07) is 24.1. The van der Waals surface area contributed by atoms with Crippen molar-refractivity contribution in [2.24, 2.45) is 4.99 Å². The number of carbonyl (C=O) groups is 1. The van der Waals surface area contributed by atoms with Crippen molar-refractivity contribution < 1.29 is 9.53 Å². The van der Waals surface area contributed by atoms with Gasteiger partial charge in [-0.25, -0.2) is 0 Å². The Morgan fingerprint density at radius 1 is 0.944 bits per heavy atom. The van der Waals surface area contributed by atoms with Gasteiger partial charge in [0.25, 0.3) is 0 Å². The molecule has 0 radical (unpaired) electrons. The summed E-state index contributed by atoms with van der Waals surface area (Å²) in [4.78, 5) is 18.5. The van der Waals surface area contributed by atoms with Crippen molar-refractivity contribution in [3.63, 3.8) is 0 Å². The van der Waals surface area contributed by atoms with Gasteiger partial charge in [-0.3, -0.25) is 9.79 Å². The summed E-state index contributed by atoms with van der Waals surface area (Å²) in [7, 11) is 0. The minimum atomic E-state index is -0.300. The number of nitrogens with zero attached hydrogens (tertiary/aromatic N) is 1. The Morgan fingerprint density at radius 3 is 2.61 bits per heavy atom. The van der Waals surface area contributed by atoms with Crippen LogP contribution < -0.4 is 20.7 Å². The fourth-order valence-corrected chi connectivity index (χ4v) is 4.97. The first-order valence-corrected chi connectivity index (χ1v) is 12.1. The van der Waals surface area contributed by atoms with Gasteiger partial charge in [-0.05, 0) is 35.9 Å². The lowest BCUT2D eigenvalue weighted by atomic mass is 9.79. The molecule has 0 aromatic heterocycles. The molecule has 1 atom stereocenters. The number of rotatable bonds is 6. The van der Waals surface area contributed by atoms with Crippen LogP contribution in [-0.4, -0.2) is 18.9 Å². The molecule has 1 unspecified atom stereocenters. The molecular weight excluding hydrogens is 495 g/mol. The van der Waals surface area contributed by atoms with Gasteiger partial charge < -0.3 is 20.7 Å². The van der Waals surface area contributed by atoms with Crippen molar-refractivity contribution in [2.75, 3.05) is 22.7 Å². The zero-order chi connectivity index (χ0) is 24.6. The molecule has 178 valence electrons. The van der Waals surface area contributed by atoms with Gasteiger partial charge in [-0.1, -0.05) is 65.7 Å². The maximum absolute atomic E-state index is 13.7. The van der Waals surface area contributed by atoms with Crippen LogP contribution in [0.2, 0.25) is 10.0 Å². The maximum Gasteiger partial charge on any atom is 0.195 e. The van der Waals surface area contributed by atoms with E-state index in [-0.39, 0.29) is 18.6 Å². The molecule has 0 fully saturated rings. The Balaban J connectivity index is 1.44. The highest BCUT2D eigenvalue weighted by Crippen LogP contribution is 2.49. The van der Waals surface area contributed by atoms with E-state index in [1.54, 1.807) is 24.5 Å². The van der Waals surface area contributed by atoms with Gasteiger partial charge in [0.2, 0.25) is 0 Å². The average molecular weight is 515 g/mol. The number of hydrogen-bond donors (Lipinski definition) is 3. The molecule has 36 heavy (non-hydrogen) atoms. The van der Waals surface area contributed by atoms with Crippen molar-refractivity contribution in [2.45, 2.75) is 6.04 Å². The Labute approximate surface area is 217 Å². The standard InChI is InChI=1S/C28H20Cl2N4O2/c29-16-10-11-20(30)23(12-16)36-15-33-21-13-22(34-17-6-2-1-3-7-17)27-25-24(21)28(35)19-9-5-4-8-18(19)26(25)31-14-32-27/h1-14,26,33-34H,15H2,(H,31,32). The molecule has 0 bridgehead atoms. The van der Waals surface area contributed by atoms with Crippen molar-refractivity contribution in [3.05, 3.63) is 111 Å². The molecule has 3 N–H and O–H groups in total. The van der Waals surface area contributed by atoms with Gasteiger partial charge in [0.1, 0.15) is 11.8 Å². The lowest BCUT2D eigenvalue weighted by Gasteiger charge is -2.32. The number of nitrogens with one attached hydrogen (secondary N) is 3. The number of anilines is 4. The van der Waals surface area contributed by atoms with Crippen molar-refractivity contribution >= 4 is 58.1 Å². The van der Waals surface area contributed by atoms with E-state index in [2.05, 4.69) is 16.0 Å². The van der Waals surface area contributed by atoms with E-state index in [0.717, 1.165) is 28.2 Å². The molecule has 0 saturated carbocycles. The molecule has 6 nitrogen and oxygen atoms in total. The Bertz CT molecular complexity index is 1520. The lowest BCUT2D eigenvalue weighted by Crippen LogP contribution is -2.26. The highest BCUT2D eigenvalue weighted by molar-refractivity contribution is 6.34. The maximum atomic E-state index is 13.7. The molecule has 1 aliphatic carbocycles. The second kappa shape index (κ2) is 9.22. The van der Waals surface area contributed by atoms with E-state index in [1.165, 1.54) is 0 Å². The molecular formula is C28H20Cl2N4O2. The van der Waals surface area contributed by atoms with Crippen molar-refractivity contribution in [1.29, 1.82) is 0 Å². The molecule has 1 heterocycles. The Morgan fingerprint density at radius 2 is 1.75 bits per heavy atom. The van der Waals surface area contributed by atoms with E-state index >= 15 is 0 Å². The minimum Gasteiger partial charge on any atom is -0.472 e. The molecule has 1 aliphatic heterocycles. The van der Waals surface area contributed by atoms with Crippen LogP contribution in [-0.2, 0) is 0 Å². The van der Waals surface area contributed by atoms with E-state index in [4.69, 9.17) is 32.9 Å². The molecule has 4 aromatic rings. The average Bonchev–Trinajstić information content (AvgIpc) is 2.90. The van der Waals surface area contributed by atoms with Gasteiger partial charge in [-0.2, -0.15) is 0 Å². The first kappa shape index (κ1) is 22.5. The second-order valence-electron chi connectivity index (χ2n) is 8.41. The fourth-order valence-electron chi connectivity index (χ4n) is 4.64. The van der Waals surface area contributed by atoms with E-state index < -0.39 is 0 Å². The van der Waals surface area contributed by atoms with E-state index in [0.29, 0.717) is 32.6 Å². The Hall–Kier alpha value is -4.00. The largest absolute Gasteiger partial charge is 0.472 e. The summed E-state index contributed by atoms with van der Waals surface area (Å²) < 4.78 is 5.87. The SMILES string of the molecule is O=C1c2ccccc2C2N=CNc3c(Nc4ccccc4)cc(NCOc4cc(Cl)ccc4Cl)c1c32. The van der Waals surface area contributed by atoms with E-state index in [9.17, 15) is 4.79 Å². The Kier molecular flexibility index (Phi) is 5.76. The van der Waals surface area contributed by atoms with Gasteiger partial charge in [0.15, 0.2) is 12.5 Å². The summed E-state index contributed by atoms with van der Waals surface area (Å²) in [5.74, 6) is 0.387. The predicted octanol–water partition coefficient (Wildman–Crippen LogP) is 7.27. The normalized spacial score (nSPS) is 14.9. The molecule has 8 heteroatoms. The zero-order valence-corrected chi connectivity index (χ0v) is 20.4. The zero-order valence-electron chi connectivity index (χ0n) is 18.9. The molecule has 0 spiro atoms. The first-order chi connectivity index (χ1) is 17.6. The van der Waals surface area contributed by atoms with Crippen LogP contribution in [0.5, 0.6) is 5.75 Å². The number of benzene rings is 4. The van der Waals surface area contributed by atoms with Crippen LogP contribution in [0, 0.1) is 0 Å². The van der Waals surface area contributed by atoms with Gasteiger partial charge >= 0.3 is 0 Å². The fraction of sp³-hybridized carbons (Fsp3) is 0.0714. The topological polar surface area (TPSA) is 74.8 Å². The predicted molar refractivity (Wildman–Crippen MR) is 146 cm³/mol. The third-order valence-electron chi connectivity index (χ3n) is 6.24. The molecule has 4 aromatic carbocycles. The van der Waals surface area contributed by atoms with E-state index in [1.807, 2.05) is 60.7 Å². The van der Waals surface area contributed by atoms with Gasteiger partial charge in [0.05, 0.1) is 34.0 Å². The number of carbonyl (C=O) groups excluding carboxylic acids is 1. The third kappa shape index (κ3) is 3.94. The quantitative estimate of drug-likeness (QED) is 0.236. The number of halogens is 2. The van der Waals surface area contributed by atoms with Crippen LogP contribution in [0.15, 0.2) is 83.9 Å². The number of fused-ring (bicyclic) bond motifs is 2. The third-order valence-corrected chi connectivity index (χ3v) is 6.78. The molecule has 6 rings (SSSR count). The molecule has 0 amide bonds. The highest BCUT2D eigenvalue weighted by Gasteiger charge is 2.37. The summed E-state index contributed by atoms with van der Waals surface area (Å²) >= 11 is 12.4. The van der Waals surface area contributed by atoms with Crippen molar-refractivity contribution in [1.82, 2.24) is 0 Å². The van der Waals surface area contributed by atoms with Crippen LogP contribution in [0.4, 0.5) is 22.7 Å². The van der Waals surface area contributed by atoms with Crippen LogP contribution in [0.1, 0.15) is 33.1 Å². The molecule has 2 aliphatic rings. The smallest absolute Gasteiger partial charge is 0.195 e. The number of ether oxygens (including phenoxy) is 1. The summed E-state index contributed by atoms with van der Waals surface area (Å²) in [6.07, 6.45) is 1.69. The van der Waals surface area contributed by atoms with Crippen LogP contribution >= 0.6 is 23.2 Å². The number of ketones is 1. The van der Waals surface area contributed by atoms with Gasteiger partial charge in [-0.15, -0.1) is 0 Å². The number of para-hydroxylation sites is 1. The summed E-state index contributed by atoms with van der Waals surface area (Å²) in [5, 5.41) is 11.0. The lowest BCUT2D eigenvalue weighted by molar-refractivity contribution is 0.103. The second-order valence-corrected chi connectivity index (χ2v) is 9.25. The van der Waals surface area contributed by atoms with Crippen molar-refractivity contribution in [3.8, 4) is 5.75 Å².